The van der Waals surface area contributed by atoms with E-state index in [1.54, 1.807) is 12.1 Å². The van der Waals surface area contributed by atoms with Gasteiger partial charge in [0.2, 0.25) is 10.0 Å². The van der Waals surface area contributed by atoms with Gasteiger partial charge in [-0.25, -0.2) is 8.42 Å². The van der Waals surface area contributed by atoms with Gasteiger partial charge in [0, 0.05) is 10.2 Å². The number of hydrogen-bond donors (Lipinski definition) is 2. The number of aryl methyl sites for hydroxylation is 1. The van der Waals surface area contributed by atoms with E-state index in [-0.39, 0.29) is 11.6 Å². The van der Waals surface area contributed by atoms with Crippen molar-refractivity contribution >= 4 is 43.3 Å². The average molecular weight is 399 g/mol. The fraction of sp³-hybridized carbons (Fsp3) is 0.333. The lowest BCUT2D eigenvalue weighted by Crippen LogP contribution is -2.17. The minimum atomic E-state index is -3.36. The van der Waals surface area contributed by atoms with Crippen LogP contribution in [0.2, 0.25) is 0 Å². The Morgan fingerprint density at radius 1 is 1.13 bits per heavy atom. The van der Waals surface area contributed by atoms with Crippen LogP contribution in [0.15, 0.2) is 34.8 Å². The maximum atomic E-state index is 11.8. The fourth-order valence-electron chi connectivity index (χ4n) is 1.87. The summed E-state index contributed by atoms with van der Waals surface area (Å²) in [6, 6.07) is 9.11. The largest absolute Gasteiger partial charge is 0.339 e. The Bertz CT molecular complexity index is 764. The first kappa shape index (κ1) is 17.7. The summed E-state index contributed by atoms with van der Waals surface area (Å²) in [5.74, 6) is 0.852. The number of halogens is 1. The molecule has 0 bridgehead atoms. The van der Waals surface area contributed by atoms with Gasteiger partial charge in [0.1, 0.15) is 0 Å². The minimum Gasteiger partial charge on any atom is -0.339 e. The van der Waals surface area contributed by atoms with Crippen LogP contribution in [-0.2, 0) is 10.0 Å². The Balaban J connectivity index is 2.03. The second-order valence-corrected chi connectivity index (χ2v) is 7.86. The van der Waals surface area contributed by atoms with Crippen LogP contribution in [0.5, 0.6) is 0 Å². The number of benzene rings is 1. The van der Waals surface area contributed by atoms with Crippen molar-refractivity contribution in [2.45, 2.75) is 26.7 Å². The molecule has 1 heterocycles. The van der Waals surface area contributed by atoms with Crippen molar-refractivity contribution in [3.8, 4) is 0 Å². The number of rotatable bonds is 7. The van der Waals surface area contributed by atoms with E-state index >= 15 is 0 Å². The number of aromatic nitrogens is 2. The van der Waals surface area contributed by atoms with Gasteiger partial charge < -0.3 is 5.32 Å². The van der Waals surface area contributed by atoms with E-state index in [4.69, 9.17) is 0 Å². The van der Waals surface area contributed by atoms with Crippen LogP contribution in [0.3, 0.4) is 0 Å². The molecule has 2 aromatic rings. The Kier molecular flexibility index (Phi) is 5.95. The number of unbranched alkanes of at least 4 members (excludes halogenated alkanes) is 1. The molecule has 0 saturated carbocycles. The highest BCUT2D eigenvalue weighted by molar-refractivity contribution is 9.10. The fourth-order valence-corrected chi connectivity index (χ4v) is 3.31. The van der Waals surface area contributed by atoms with Crippen LogP contribution < -0.4 is 10.0 Å². The van der Waals surface area contributed by atoms with E-state index in [2.05, 4.69) is 36.2 Å². The molecular formula is C15H19BrN4O2S. The van der Waals surface area contributed by atoms with E-state index < -0.39 is 10.0 Å². The van der Waals surface area contributed by atoms with Gasteiger partial charge >= 0.3 is 0 Å². The summed E-state index contributed by atoms with van der Waals surface area (Å²) < 4.78 is 27.1. The SMILES string of the molecule is CCCCS(=O)(=O)Nc1ccc(Nc2ccc(Br)c(C)c2)nn1. The van der Waals surface area contributed by atoms with Crippen LogP contribution in [0, 0.1) is 6.92 Å². The zero-order valence-electron chi connectivity index (χ0n) is 13.0. The molecule has 0 fully saturated rings. The molecule has 0 spiro atoms. The third-order valence-electron chi connectivity index (χ3n) is 3.12. The van der Waals surface area contributed by atoms with E-state index in [0.717, 1.165) is 22.1 Å². The smallest absolute Gasteiger partial charge is 0.233 e. The maximum absolute atomic E-state index is 11.8. The molecule has 23 heavy (non-hydrogen) atoms. The number of hydrogen-bond acceptors (Lipinski definition) is 5. The predicted octanol–water partition coefficient (Wildman–Crippen LogP) is 3.83. The Hall–Kier alpha value is -1.67. The van der Waals surface area contributed by atoms with Crippen molar-refractivity contribution < 1.29 is 8.42 Å². The van der Waals surface area contributed by atoms with Gasteiger partial charge in [0.25, 0.3) is 0 Å². The number of nitrogens with zero attached hydrogens (tertiary/aromatic N) is 2. The lowest BCUT2D eigenvalue weighted by atomic mass is 10.2. The Morgan fingerprint density at radius 2 is 1.83 bits per heavy atom. The highest BCUT2D eigenvalue weighted by Gasteiger charge is 2.10. The van der Waals surface area contributed by atoms with E-state index in [9.17, 15) is 8.42 Å². The summed E-state index contributed by atoms with van der Waals surface area (Å²) in [6.07, 6.45) is 1.44. The molecule has 0 saturated heterocycles. The van der Waals surface area contributed by atoms with Gasteiger partial charge in [-0.2, -0.15) is 0 Å². The van der Waals surface area contributed by atoms with Crippen molar-refractivity contribution in [1.29, 1.82) is 0 Å². The summed E-state index contributed by atoms with van der Waals surface area (Å²) in [6.45, 7) is 3.94. The monoisotopic (exact) mass is 398 g/mol. The Morgan fingerprint density at radius 3 is 2.43 bits per heavy atom. The summed E-state index contributed by atoms with van der Waals surface area (Å²) >= 11 is 3.45. The second-order valence-electron chi connectivity index (χ2n) is 5.17. The Labute approximate surface area is 144 Å². The molecule has 8 heteroatoms. The summed E-state index contributed by atoms with van der Waals surface area (Å²) in [5, 5.41) is 11.0. The first-order valence-electron chi connectivity index (χ1n) is 7.27. The highest BCUT2D eigenvalue weighted by atomic mass is 79.9. The molecule has 1 aromatic carbocycles. The van der Waals surface area contributed by atoms with Crippen molar-refractivity contribution in [3.63, 3.8) is 0 Å². The van der Waals surface area contributed by atoms with Crippen LogP contribution >= 0.6 is 15.9 Å². The second kappa shape index (κ2) is 7.74. The van der Waals surface area contributed by atoms with Gasteiger partial charge in [0.15, 0.2) is 11.6 Å². The highest BCUT2D eigenvalue weighted by Crippen LogP contribution is 2.22. The zero-order valence-corrected chi connectivity index (χ0v) is 15.4. The minimum absolute atomic E-state index is 0.0867. The van der Waals surface area contributed by atoms with Crippen LogP contribution in [0.1, 0.15) is 25.3 Å². The molecule has 124 valence electrons. The van der Waals surface area contributed by atoms with Gasteiger partial charge in [0.05, 0.1) is 5.75 Å². The van der Waals surface area contributed by atoms with Gasteiger partial charge in [-0.3, -0.25) is 4.72 Å². The standard InChI is InChI=1S/C15H19BrN4O2S/c1-3-4-9-23(21,22)20-15-8-7-14(18-19-15)17-12-5-6-13(16)11(2)10-12/h5-8,10H,3-4,9H2,1-2H3,(H,17,18)(H,19,20). The van der Waals surface area contributed by atoms with Crippen molar-refractivity contribution in [1.82, 2.24) is 10.2 Å². The van der Waals surface area contributed by atoms with Crippen LogP contribution in [0.25, 0.3) is 0 Å². The van der Waals surface area contributed by atoms with Crippen molar-refractivity contribution in [2.75, 3.05) is 15.8 Å². The van der Waals surface area contributed by atoms with Gasteiger partial charge in [-0.15, -0.1) is 10.2 Å². The number of sulfonamides is 1. The average Bonchev–Trinajstić information content (AvgIpc) is 2.51. The normalized spacial score (nSPS) is 11.3. The van der Waals surface area contributed by atoms with Gasteiger partial charge in [-0.05, 0) is 49.2 Å². The summed E-state index contributed by atoms with van der Waals surface area (Å²) in [5.41, 5.74) is 1.99. The van der Waals surface area contributed by atoms with E-state index in [1.807, 2.05) is 32.0 Å². The summed E-state index contributed by atoms with van der Waals surface area (Å²) in [7, 11) is -3.36. The lowest BCUT2D eigenvalue weighted by molar-refractivity contribution is 0.597. The van der Waals surface area contributed by atoms with Crippen molar-refractivity contribution in [2.24, 2.45) is 0 Å². The number of nitrogens with one attached hydrogen (secondary N) is 2. The molecule has 2 rings (SSSR count). The predicted molar refractivity (Wildman–Crippen MR) is 96.5 cm³/mol. The molecule has 0 aliphatic heterocycles. The molecule has 1 aromatic heterocycles. The maximum Gasteiger partial charge on any atom is 0.233 e. The molecule has 2 N–H and O–H groups in total. The third kappa shape index (κ3) is 5.47. The van der Waals surface area contributed by atoms with Crippen LogP contribution in [-0.4, -0.2) is 24.4 Å². The molecule has 0 atom stereocenters. The molecule has 0 radical (unpaired) electrons. The third-order valence-corrected chi connectivity index (χ3v) is 5.36. The topological polar surface area (TPSA) is 84.0 Å². The van der Waals surface area contributed by atoms with Crippen LogP contribution in [0.4, 0.5) is 17.3 Å². The number of anilines is 3. The first-order valence-corrected chi connectivity index (χ1v) is 9.71. The van der Waals surface area contributed by atoms with E-state index in [1.165, 1.54) is 0 Å². The zero-order chi connectivity index (χ0) is 16.9. The summed E-state index contributed by atoms with van der Waals surface area (Å²) in [4.78, 5) is 0. The molecule has 0 aliphatic rings. The molecular weight excluding hydrogens is 380 g/mol. The molecule has 0 aliphatic carbocycles. The van der Waals surface area contributed by atoms with Crippen molar-refractivity contribution in [3.05, 3.63) is 40.4 Å². The van der Waals surface area contributed by atoms with Gasteiger partial charge in [-0.1, -0.05) is 29.3 Å². The first-order chi connectivity index (χ1) is 10.9. The molecule has 6 nitrogen and oxygen atoms in total. The molecule has 0 unspecified atom stereocenters. The van der Waals surface area contributed by atoms with E-state index in [0.29, 0.717) is 12.2 Å². The lowest BCUT2D eigenvalue weighted by Gasteiger charge is -2.09. The quantitative estimate of drug-likeness (QED) is 0.739. The molecule has 0 amide bonds.